The number of hydrogen-bond acceptors (Lipinski definition) is 4. The molecule has 1 N–H and O–H groups in total. The van der Waals surface area contributed by atoms with Gasteiger partial charge >= 0.3 is 5.97 Å². The molecule has 0 atom stereocenters. The van der Waals surface area contributed by atoms with Crippen LogP contribution in [0.1, 0.15) is 15.9 Å². The highest BCUT2D eigenvalue weighted by Crippen LogP contribution is 2.31. The summed E-state index contributed by atoms with van der Waals surface area (Å²) in [5, 5.41) is 20.0. The van der Waals surface area contributed by atoms with Crippen molar-refractivity contribution in [1.82, 2.24) is 0 Å². The van der Waals surface area contributed by atoms with Gasteiger partial charge in [0.25, 0.3) is 5.69 Å². The summed E-state index contributed by atoms with van der Waals surface area (Å²) in [5.41, 5.74) is 0.895. The summed E-state index contributed by atoms with van der Waals surface area (Å²) < 4.78 is 0. The lowest BCUT2D eigenvalue weighted by Gasteiger charge is -2.06. The van der Waals surface area contributed by atoms with Gasteiger partial charge in [0.2, 0.25) is 0 Å². The summed E-state index contributed by atoms with van der Waals surface area (Å²) >= 11 is 1.26. The van der Waals surface area contributed by atoms with Crippen molar-refractivity contribution in [3.05, 3.63) is 69.8 Å². The van der Waals surface area contributed by atoms with Crippen molar-refractivity contribution >= 4 is 23.4 Å². The summed E-state index contributed by atoms with van der Waals surface area (Å²) in [6, 6.07) is 13.1. The summed E-state index contributed by atoms with van der Waals surface area (Å²) in [5.74, 6) is -0.628. The van der Waals surface area contributed by atoms with Crippen molar-refractivity contribution in [2.45, 2.75) is 10.6 Å². The van der Waals surface area contributed by atoms with Crippen LogP contribution >= 0.6 is 11.8 Å². The van der Waals surface area contributed by atoms with Crippen LogP contribution in [0.3, 0.4) is 0 Å². The van der Waals surface area contributed by atoms with E-state index in [9.17, 15) is 14.9 Å². The summed E-state index contributed by atoms with van der Waals surface area (Å²) in [6.45, 7) is 0. The van der Waals surface area contributed by atoms with Crippen molar-refractivity contribution in [2.75, 3.05) is 0 Å². The smallest absolute Gasteiger partial charge is 0.335 e. The van der Waals surface area contributed by atoms with E-state index in [2.05, 4.69) is 0 Å². The van der Waals surface area contributed by atoms with Crippen molar-refractivity contribution in [3.8, 4) is 0 Å². The van der Waals surface area contributed by atoms with E-state index < -0.39 is 10.9 Å². The fourth-order valence-electron chi connectivity index (χ4n) is 1.74. The highest BCUT2D eigenvalue weighted by molar-refractivity contribution is 7.98. The standard InChI is InChI=1S/C14H11NO4S/c16-14(17)11-6-2-1-5-10(11)9-20-13-8-4-3-7-12(13)15(18)19/h1-8H,9H2,(H,16,17). The molecule has 5 nitrogen and oxygen atoms in total. The molecule has 0 aliphatic carbocycles. The van der Waals surface area contributed by atoms with Crippen molar-refractivity contribution in [3.63, 3.8) is 0 Å². The molecule has 0 aliphatic heterocycles. The van der Waals surface area contributed by atoms with Gasteiger partial charge in [-0.25, -0.2) is 4.79 Å². The minimum atomic E-state index is -0.997. The predicted octanol–water partition coefficient (Wildman–Crippen LogP) is 3.59. The number of hydrogen-bond donors (Lipinski definition) is 1. The van der Waals surface area contributed by atoms with E-state index in [-0.39, 0.29) is 11.3 Å². The third-order valence-corrected chi connectivity index (χ3v) is 3.80. The average molecular weight is 289 g/mol. The number of carboxylic acid groups (broad SMARTS) is 1. The molecular formula is C14H11NO4S. The Morgan fingerprint density at radius 3 is 2.50 bits per heavy atom. The minimum absolute atomic E-state index is 0.0327. The Morgan fingerprint density at radius 2 is 1.80 bits per heavy atom. The average Bonchev–Trinajstić information content (AvgIpc) is 2.45. The van der Waals surface area contributed by atoms with E-state index in [1.165, 1.54) is 23.9 Å². The van der Waals surface area contributed by atoms with Crippen LogP contribution in [-0.4, -0.2) is 16.0 Å². The number of aromatic carboxylic acids is 1. The second kappa shape index (κ2) is 6.21. The van der Waals surface area contributed by atoms with E-state index in [1.54, 1.807) is 36.4 Å². The van der Waals surface area contributed by atoms with Gasteiger partial charge in [-0.2, -0.15) is 0 Å². The molecule has 0 spiro atoms. The Bertz CT molecular complexity index is 600. The number of carbonyl (C=O) groups is 1. The molecule has 6 heteroatoms. The van der Waals surface area contributed by atoms with E-state index >= 15 is 0 Å². The van der Waals surface area contributed by atoms with Crippen LogP contribution in [0.4, 0.5) is 5.69 Å². The largest absolute Gasteiger partial charge is 0.478 e. The number of rotatable bonds is 5. The van der Waals surface area contributed by atoms with E-state index in [0.717, 1.165) is 0 Å². The molecule has 2 aromatic carbocycles. The zero-order valence-electron chi connectivity index (χ0n) is 10.4. The number of para-hydroxylation sites is 1. The van der Waals surface area contributed by atoms with Gasteiger partial charge in [-0.15, -0.1) is 11.8 Å². The molecule has 20 heavy (non-hydrogen) atoms. The number of thioether (sulfide) groups is 1. The summed E-state index contributed by atoms with van der Waals surface area (Å²) in [6.07, 6.45) is 0. The van der Waals surface area contributed by atoms with E-state index in [1.807, 2.05) is 0 Å². The molecule has 2 aromatic rings. The normalized spacial score (nSPS) is 10.2. The molecule has 0 fully saturated rings. The number of carboxylic acids is 1. The molecule has 102 valence electrons. The van der Waals surface area contributed by atoms with Crippen molar-refractivity contribution in [2.24, 2.45) is 0 Å². The van der Waals surface area contributed by atoms with Crippen LogP contribution in [0.25, 0.3) is 0 Å². The van der Waals surface area contributed by atoms with Gasteiger partial charge in [0.15, 0.2) is 0 Å². The van der Waals surface area contributed by atoms with Gasteiger partial charge in [-0.3, -0.25) is 10.1 Å². The number of benzene rings is 2. The second-order valence-corrected chi connectivity index (χ2v) is 4.99. The van der Waals surface area contributed by atoms with Gasteiger partial charge < -0.3 is 5.11 Å². The Balaban J connectivity index is 2.22. The first-order valence-corrected chi connectivity index (χ1v) is 6.75. The quantitative estimate of drug-likeness (QED) is 0.517. The lowest BCUT2D eigenvalue weighted by Crippen LogP contribution is -2.01. The highest BCUT2D eigenvalue weighted by atomic mass is 32.2. The van der Waals surface area contributed by atoms with Gasteiger partial charge in [0.05, 0.1) is 15.4 Å². The Kier molecular flexibility index (Phi) is 4.37. The Labute approximate surface area is 119 Å². The number of nitro groups is 1. The monoisotopic (exact) mass is 289 g/mol. The second-order valence-electron chi connectivity index (χ2n) is 3.98. The third kappa shape index (κ3) is 3.16. The minimum Gasteiger partial charge on any atom is -0.478 e. The van der Waals surface area contributed by atoms with E-state index in [0.29, 0.717) is 16.2 Å². The molecule has 0 unspecified atom stereocenters. The SMILES string of the molecule is O=C(O)c1ccccc1CSc1ccccc1[N+](=O)[O-]. The molecule has 0 saturated carbocycles. The molecule has 0 aromatic heterocycles. The van der Waals surface area contributed by atoms with Crippen LogP contribution in [0.2, 0.25) is 0 Å². The molecule has 2 rings (SSSR count). The molecule has 0 bridgehead atoms. The van der Waals surface area contributed by atoms with Crippen LogP contribution in [-0.2, 0) is 5.75 Å². The molecule has 0 aliphatic rings. The highest BCUT2D eigenvalue weighted by Gasteiger charge is 2.14. The predicted molar refractivity (Wildman–Crippen MR) is 76.1 cm³/mol. The third-order valence-electron chi connectivity index (χ3n) is 2.69. The first-order chi connectivity index (χ1) is 9.59. The van der Waals surface area contributed by atoms with Crippen LogP contribution in [0.5, 0.6) is 0 Å². The molecule has 0 amide bonds. The van der Waals surface area contributed by atoms with Gasteiger partial charge in [-0.05, 0) is 17.7 Å². The number of nitro benzene ring substituents is 1. The zero-order chi connectivity index (χ0) is 14.5. The van der Waals surface area contributed by atoms with Gasteiger partial charge in [0, 0.05) is 11.8 Å². The number of nitrogens with zero attached hydrogens (tertiary/aromatic N) is 1. The maximum atomic E-state index is 11.1. The fraction of sp³-hybridized carbons (Fsp3) is 0.0714. The van der Waals surface area contributed by atoms with Crippen LogP contribution in [0, 0.1) is 10.1 Å². The molecule has 0 heterocycles. The summed E-state index contributed by atoms with van der Waals surface area (Å²) in [7, 11) is 0. The van der Waals surface area contributed by atoms with E-state index in [4.69, 9.17) is 5.11 Å². The topological polar surface area (TPSA) is 80.4 Å². The Hall–Kier alpha value is -2.34. The molecule has 0 radical (unpaired) electrons. The van der Waals surface area contributed by atoms with Crippen molar-refractivity contribution < 1.29 is 14.8 Å². The van der Waals surface area contributed by atoms with Crippen molar-refractivity contribution in [1.29, 1.82) is 0 Å². The molecular weight excluding hydrogens is 278 g/mol. The van der Waals surface area contributed by atoms with Crippen LogP contribution < -0.4 is 0 Å². The first-order valence-electron chi connectivity index (χ1n) is 5.77. The maximum absolute atomic E-state index is 11.1. The lowest BCUT2D eigenvalue weighted by atomic mass is 10.1. The fourth-order valence-corrected chi connectivity index (χ4v) is 2.77. The maximum Gasteiger partial charge on any atom is 0.335 e. The zero-order valence-corrected chi connectivity index (χ0v) is 11.2. The van der Waals surface area contributed by atoms with Gasteiger partial charge in [-0.1, -0.05) is 30.3 Å². The van der Waals surface area contributed by atoms with Crippen LogP contribution in [0.15, 0.2) is 53.4 Å². The first kappa shape index (κ1) is 14.1. The van der Waals surface area contributed by atoms with Gasteiger partial charge in [0.1, 0.15) is 0 Å². The summed E-state index contributed by atoms with van der Waals surface area (Å²) in [4.78, 5) is 22.1. The lowest BCUT2D eigenvalue weighted by molar-refractivity contribution is -0.387. The Morgan fingerprint density at radius 1 is 1.15 bits per heavy atom. The molecule has 0 saturated heterocycles.